The van der Waals surface area contributed by atoms with Crippen molar-refractivity contribution in [2.24, 2.45) is 0 Å². The van der Waals surface area contributed by atoms with Crippen LogP contribution in [0.15, 0.2) is 39.5 Å². The minimum Gasteiger partial charge on any atom is -0.507 e. The molecule has 1 aromatic heterocycles. The fraction of sp³-hybridized carbons (Fsp3) is 0.318. The largest absolute Gasteiger partial charge is 0.507 e. The first-order valence-electron chi connectivity index (χ1n) is 9.88. The molecule has 5 unspecified atom stereocenters. The molecular formula is C22H22O10. The lowest BCUT2D eigenvalue weighted by Gasteiger charge is -2.40. The molecule has 170 valence electrons. The van der Waals surface area contributed by atoms with Crippen LogP contribution in [0.3, 0.4) is 0 Å². The van der Waals surface area contributed by atoms with Gasteiger partial charge in [0, 0.05) is 17.7 Å². The van der Waals surface area contributed by atoms with Crippen LogP contribution >= 0.6 is 0 Å². The quantitative estimate of drug-likeness (QED) is 0.289. The standard InChI is InChI=1S/C22H22O10/c1-2-14-18(28)19(29)20(30)22(31-14)17-12(26)6-11(25)16-13(27)7-15(32-21(16)17)8-3-4-9(23)10(24)5-8/h3-7,14,18-20,22-26,28-30H,2H2,1H3. The zero-order valence-electron chi connectivity index (χ0n) is 16.8. The number of phenols is 4. The Balaban J connectivity index is 1.97. The maximum atomic E-state index is 12.8. The summed E-state index contributed by atoms with van der Waals surface area (Å²) in [5.74, 6) is -2.05. The fourth-order valence-electron chi connectivity index (χ4n) is 3.94. The third-order valence-corrected chi connectivity index (χ3v) is 5.66. The van der Waals surface area contributed by atoms with Crippen LogP contribution in [0.4, 0.5) is 0 Å². The Morgan fingerprint density at radius 1 is 0.844 bits per heavy atom. The molecule has 1 aliphatic heterocycles. The van der Waals surface area contributed by atoms with Crippen LogP contribution in [0.2, 0.25) is 0 Å². The number of aliphatic hydroxyl groups excluding tert-OH is 3. The lowest BCUT2D eigenvalue weighted by atomic mass is 9.89. The van der Waals surface area contributed by atoms with Crippen molar-refractivity contribution in [1.82, 2.24) is 0 Å². The van der Waals surface area contributed by atoms with Gasteiger partial charge in [-0.25, -0.2) is 0 Å². The van der Waals surface area contributed by atoms with Crippen molar-refractivity contribution < 1.29 is 44.9 Å². The number of ether oxygens (including phenoxy) is 1. The van der Waals surface area contributed by atoms with E-state index in [9.17, 15) is 40.5 Å². The van der Waals surface area contributed by atoms with Crippen molar-refractivity contribution in [2.75, 3.05) is 0 Å². The maximum absolute atomic E-state index is 12.8. The molecular weight excluding hydrogens is 424 g/mol. The molecule has 10 heteroatoms. The van der Waals surface area contributed by atoms with Crippen molar-refractivity contribution in [2.45, 2.75) is 43.9 Å². The van der Waals surface area contributed by atoms with E-state index in [0.717, 1.165) is 18.2 Å². The summed E-state index contributed by atoms with van der Waals surface area (Å²) in [5.41, 5.74) is -0.984. The van der Waals surface area contributed by atoms with Crippen LogP contribution < -0.4 is 5.43 Å². The minimum absolute atomic E-state index is 0.0676. The number of aliphatic hydroxyl groups is 3. The maximum Gasteiger partial charge on any atom is 0.197 e. The lowest BCUT2D eigenvalue weighted by Crippen LogP contribution is -2.53. The third-order valence-electron chi connectivity index (χ3n) is 5.66. The number of aromatic hydroxyl groups is 4. The highest BCUT2D eigenvalue weighted by molar-refractivity contribution is 5.89. The molecule has 10 nitrogen and oxygen atoms in total. The van der Waals surface area contributed by atoms with Crippen LogP contribution in [0.25, 0.3) is 22.3 Å². The molecule has 1 fully saturated rings. The normalized spacial score (nSPS) is 25.8. The van der Waals surface area contributed by atoms with Gasteiger partial charge < -0.3 is 44.9 Å². The van der Waals surface area contributed by atoms with E-state index in [-0.39, 0.29) is 40.0 Å². The van der Waals surface area contributed by atoms with E-state index in [0.29, 0.717) is 0 Å². The minimum atomic E-state index is -1.68. The highest BCUT2D eigenvalue weighted by Crippen LogP contribution is 2.44. The van der Waals surface area contributed by atoms with Crippen LogP contribution in [0, 0.1) is 0 Å². The van der Waals surface area contributed by atoms with E-state index in [4.69, 9.17) is 9.15 Å². The monoisotopic (exact) mass is 446 g/mol. The molecule has 4 rings (SSSR count). The smallest absolute Gasteiger partial charge is 0.197 e. The Morgan fingerprint density at radius 3 is 2.22 bits per heavy atom. The van der Waals surface area contributed by atoms with E-state index in [1.54, 1.807) is 6.92 Å². The fourth-order valence-corrected chi connectivity index (χ4v) is 3.94. The van der Waals surface area contributed by atoms with Gasteiger partial charge in [0.05, 0.1) is 11.7 Å². The lowest BCUT2D eigenvalue weighted by molar-refractivity contribution is -0.225. The highest BCUT2D eigenvalue weighted by Gasteiger charge is 2.45. The molecule has 0 aliphatic carbocycles. The van der Waals surface area contributed by atoms with Crippen molar-refractivity contribution in [3.05, 3.63) is 46.1 Å². The first kappa shape index (κ1) is 21.9. The molecule has 7 N–H and O–H groups in total. The van der Waals surface area contributed by atoms with Gasteiger partial charge in [0.15, 0.2) is 22.5 Å². The van der Waals surface area contributed by atoms with Gasteiger partial charge in [0.2, 0.25) is 0 Å². The second-order valence-corrected chi connectivity index (χ2v) is 7.69. The average Bonchev–Trinajstić information content (AvgIpc) is 2.74. The molecule has 32 heavy (non-hydrogen) atoms. The topological polar surface area (TPSA) is 181 Å². The van der Waals surface area contributed by atoms with Gasteiger partial charge in [-0.05, 0) is 24.6 Å². The van der Waals surface area contributed by atoms with E-state index in [2.05, 4.69) is 0 Å². The summed E-state index contributed by atoms with van der Waals surface area (Å²) in [5, 5.41) is 70.8. The van der Waals surface area contributed by atoms with E-state index < -0.39 is 53.2 Å². The SMILES string of the molecule is CCC1OC(c2c(O)cc(O)c3c(=O)cc(-c4ccc(O)c(O)c4)oc23)C(O)C(O)C1O. The average molecular weight is 446 g/mol. The molecule has 0 radical (unpaired) electrons. The first-order valence-corrected chi connectivity index (χ1v) is 9.88. The van der Waals surface area contributed by atoms with Crippen LogP contribution in [0.5, 0.6) is 23.0 Å². The number of rotatable bonds is 3. The molecule has 0 saturated carbocycles. The van der Waals surface area contributed by atoms with E-state index in [1.807, 2.05) is 0 Å². The zero-order valence-corrected chi connectivity index (χ0v) is 16.8. The van der Waals surface area contributed by atoms with Gasteiger partial charge in [0.25, 0.3) is 0 Å². The number of phenolic OH excluding ortho intramolecular Hbond substituents is 4. The second-order valence-electron chi connectivity index (χ2n) is 7.69. The summed E-state index contributed by atoms with van der Waals surface area (Å²) in [7, 11) is 0. The highest BCUT2D eigenvalue weighted by atomic mass is 16.5. The van der Waals surface area contributed by atoms with Gasteiger partial charge in [-0.3, -0.25) is 4.79 Å². The molecule has 0 bridgehead atoms. The third kappa shape index (κ3) is 3.43. The summed E-state index contributed by atoms with van der Waals surface area (Å²) in [6.45, 7) is 1.69. The number of hydrogen-bond acceptors (Lipinski definition) is 10. The van der Waals surface area contributed by atoms with Gasteiger partial charge in [-0.1, -0.05) is 6.92 Å². The van der Waals surface area contributed by atoms with Crippen LogP contribution in [-0.2, 0) is 4.74 Å². The van der Waals surface area contributed by atoms with E-state index in [1.165, 1.54) is 12.1 Å². The molecule has 0 spiro atoms. The van der Waals surface area contributed by atoms with Crippen LogP contribution in [0.1, 0.15) is 25.0 Å². The van der Waals surface area contributed by atoms with E-state index >= 15 is 0 Å². The zero-order chi connectivity index (χ0) is 23.3. The summed E-state index contributed by atoms with van der Waals surface area (Å²) >= 11 is 0. The predicted octanol–water partition coefficient (Wildman–Crippen LogP) is 1.21. The van der Waals surface area contributed by atoms with Gasteiger partial charge in [-0.15, -0.1) is 0 Å². The molecule has 2 aromatic carbocycles. The number of benzene rings is 2. The molecule has 1 aliphatic rings. The van der Waals surface area contributed by atoms with Crippen molar-refractivity contribution in [1.29, 1.82) is 0 Å². The molecule has 1 saturated heterocycles. The molecule has 5 atom stereocenters. The summed E-state index contributed by atoms with van der Waals surface area (Å²) < 4.78 is 11.5. The Morgan fingerprint density at radius 2 is 1.56 bits per heavy atom. The number of fused-ring (bicyclic) bond motifs is 1. The van der Waals surface area contributed by atoms with Crippen LogP contribution in [-0.4, -0.2) is 60.2 Å². The first-order chi connectivity index (χ1) is 15.1. The van der Waals surface area contributed by atoms with Gasteiger partial charge >= 0.3 is 0 Å². The summed E-state index contributed by atoms with van der Waals surface area (Å²) in [6.07, 6.45) is -6.66. The Bertz CT molecular complexity index is 1230. The van der Waals surface area contributed by atoms with Gasteiger partial charge in [-0.2, -0.15) is 0 Å². The van der Waals surface area contributed by atoms with Crippen molar-refractivity contribution >= 4 is 11.0 Å². The predicted molar refractivity (Wildman–Crippen MR) is 111 cm³/mol. The number of hydrogen-bond donors (Lipinski definition) is 7. The molecule has 0 amide bonds. The molecule has 3 aromatic rings. The second kappa shape index (κ2) is 7.99. The summed E-state index contributed by atoms with van der Waals surface area (Å²) in [4.78, 5) is 12.8. The summed E-state index contributed by atoms with van der Waals surface area (Å²) in [6, 6.07) is 5.67. The Hall–Kier alpha value is -3.31. The van der Waals surface area contributed by atoms with Gasteiger partial charge in [0.1, 0.15) is 47.1 Å². The Kier molecular flexibility index (Phi) is 5.47. The Labute approximate surface area is 180 Å². The van der Waals surface area contributed by atoms with Crippen molar-refractivity contribution in [3.63, 3.8) is 0 Å². The molecule has 2 heterocycles. The van der Waals surface area contributed by atoms with Crippen molar-refractivity contribution in [3.8, 4) is 34.3 Å².